The molecule has 0 aromatic heterocycles. The number of rotatable bonds is 3. The summed E-state index contributed by atoms with van der Waals surface area (Å²) >= 11 is 11.8. The van der Waals surface area contributed by atoms with Crippen molar-refractivity contribution in [3.8, 4) is 0 Å². The molecule has 0 saturated carbocycles. The van der Waals surface area contributed by atoms with Gasteiger partial charge in [0.2, 0.25) is 0 Å². The third-order valence-electron chi connectivity index (χ3n) is 3.00. The van der Waals surface area contributed by atoms with E-state index in [-0.39, 0.29) is 6.04 Å². The zero-order valence-electron chi connectivity index (χ0n) is 10.9. The molecular weight excluding hydrogens is 277 g/mol. The van der Waals surface area contributed by atoms with E-state index in [0.29, 0.717) is 0 Å². The largest absolute Gasteiger partial charge is 0.282 e. The lowest BCUT2D eigenvalue weighted by Crippen LogP contribution is -1.98. The molecule has 1 atom stereocenters. The van der Waals surface area contributed by atoms with Crippen molar-refractivity contribution in [1.82, 2.24) is 0 Å². The predicted octanol–water partition coefficient (Wildman–Crippen LogP) is 5.56. The summed E-state index contributed by atoms with van der Waals surface area (Å²) in [5.74, 6) is 0. The summed E-state index contributed by atoms with van der Waals surface area (Å²) in [5, 5.41) is 1.48. The maximum Gasteiger partial charge on any atom is 0.0724 e. The fourth-order valence-electron chi connectivity index (χ4n) is 1.87. The Hall–Kier alpha value is -1.31. The van der Waals surface area contributed by atoms with Crippen molar-refractivity contribution < 1.29 is 0 Å². The molecule has 2 rings (SSSR count). The molecule has 2 aromatic rings. The molecule has 2 aromatic carbocycles. The number of benzene rings is 2. The molecule has 0 amide bonds. The summed E-state index contributed by atoms with van der Waals surface area (Å²) in [7, 11) is 0. The standard InChI is InChI=1S/C16H15Cl2N/c1-11(13-3-7-15(17)8-4-13)19-12(2)14-5-9-16(18)10-6-14/h3-11H,1-2H3/b19-12-/t11-/m1/s1. The number of nitrogens with zero attached hydrogens (tertiary/aromatic N) is 1. The van der Waals surface area contributed by atoms with Gasteiger partial charge in [-0.05, 0) is 49.2 Å². The van der Waals surface area contributed by atoms with E-state index in [2.05, 4.69) is 6.92 Å². The van der Waals surface area contributed by atoms with Crippen molar-refractivity contribution in [1.29, 1.82) is 0 Å². The molecule has 0 fully saturated rings. The zero-order valence-corrected chi connectivity index (χ0v) is 12.4. The molecule has 0 spiro atoms. The van der Waals surface area contributed by atoms with Gasteiger partial charge in [-0.15, -0.1) is 0 Å². The molecule has 0 aliphatic rings. The van der Waals surface area contributed by atoms with E-state index in [9.17, 15) is 0 Å². The fourth-order valence-corrected chi connectivity index (χ4v) is 2.12. The Morgan fingerprint density at radius 2 is 1.37 bits per heavy atom. The highest BCUT2D eigenvalue weighted by Crippen LogP contribution is 2.20. The third kappa shape index (κ3) is 3.82. The molecule has 19 heavy (non-hydrogen) atoms. The van der Waals surface area contributed by atoms with Gasteiger partial charge in [0.15, 0.2) is 0 Å². The molecule has 0 radical (unpaired) electrons. The van der Waals surface area contributed by atoms with Crippen LogP contribution in [0.25, 0.3) is 0 Å². The monoisotopic (exact) mass is 291 g/mol. The number of hydrogen-bond donors (Lipinski definition) is 0. The van der Waals surface area contributed by atoms with Crippen LogP contribution in [0, 0.1) is 0 Å². The smallest absolute Gasteiger partial charge is 0.0724 e. The lowest BCUT2D eigenvalue weighted by Gasteiger charge is -2.09. The van der Waals surface area contributed by atoms with Crippen LogP contribution in [-0.2, 0) is 0 Å². The van der Waals surface area contributed by atoms with Gasteiger partial charge in [0.25, 0.3) is 0 Å². The average Bonchev–Trinajstić information content (AvgIpc) is 2.40. The van der Waals surface area contributed by atoms with Gasteiger partial charge in [-0.25, -0.2) is 0 Å². The highest BCUT2D eigenvalue weighted by molar-refractivity contribution is 6.30. The van der Waals surface area contributed by atoms with Crippen molar-refractivity contribution >= 4 is 28.9 Å². The second-order valence-electron chi connectivity index (χ2n) is 4.45. The van der Waals surface area contributed by atoms with Gasteiger partial charge in [-0.2, -0.15) is 0 Å². The third-order valence-corrected chi connectivity index (χ3v) is 3.51. The van der Waals surface area contributed by atoms with Crippen LogP contribution in [0.4, 0.5) is 0 Å². The maximum atomic E-state index is 5.88. The van der Waals surface area contributed by atoms with E-state index < -0.39 is 0 Å². The minimum absolute atomic E-state index is 0.105. The molecular formula is C16H15Cl2N. The summed E-state index contributed by atoms with van der Waals surface area (Å²) in [6.45, 7) is 4.08. The molecule has 0 aliphatic heterocycles. The van der Waals surface area contributed by atoms with Gasteiger partial charge in [0, 0.05) is 15.8 Å². The molecule has 1 nitrogen and oxygen atoms in total. The fraction of sp³-hybridized carbons (Fsp3) is 0.188. The van der Waals surface area contributed by atoms with E-state index in [1.165, 1.54) is 0 Å². The Morgan fingerprint density at radius 1 is 0.895 bits per heavy atom. The maximum absolute atomic E-state index is 5.88. The average molecular weight is 292 g/mol. The van der Waals surface area contributed by atoms with Crippen LogP contribution in [0.15, 0.2) is 53.5 Å². The molecule has 0 N–H and O–H groups in total. The van der Waals surface area contributed by atoms with Crippen molar-refractivity contribution in [3.05, 3.63) is 69.7 Å². The SMILES string of the molecule is C/C(=N/[C@H](C)c1ccc(Cl)cc1)c1ccc(Cl)cc1. The highest BCUT2D eigenvalue weighted by Gasteiger charge is 2.05. The topological polar surface area (TPSA) is 12.4 Å². The van der Waals surface area contributed by atoms with Gasteiger partial charge in [0.1, 0.15) is 0 Å². The van der Waals surface area contributed by atoms with Gasteiger partial charge >= 0.3 is 0 Å². The first-order chi connectivity index (χ1) is 9.06. The molecule has 0 aliphatic carbocycles. The summed E-state index contributed by atoms with van der Waals surface area (Å²) in [5.41, 5.74) is 3.24. The van der Waals surface area contributed by atoms with Gasteiger partial charge < -0.3 is 0 Å². The molecule has 98 valence electrons. The van der Waals surface area contributed by atoms with Crippen molar-refractivity contribution in [2.45, 2.75) is 19.9 Å². The quantitative estimate of drug-likeness (QED) is 0.656. The highest BCUT2D eigenvalue weighted by atomic mass is 35.5. The van der Waals surface area contributed by atoms with Crippen LogP contribution in [0.3, 0.4) is 0 Å². The van der Waals surface area contributed by atoms with Crippen LogP contribution < -0.4 is 0 Å². The lowest BCUT2D eigenvalue weighted by molar-refractivity contribution is 0.820. The first-order valence-electron chi connectivity index (χ1n) is 6.12. The second-order valence-corrected chi connectivity index (χ2v) is 5.32. The Balaban J connectivity index is 2.20. The van der Waals surface area contributed by atoms with E-state index >= 15 is 0 Å². The Labute approximate surface area is 123 Å². The Bertz CT molecular complexity index is 571. The number of halogens is 2. The molecule has 0 saturated heterocycles. The minimum atomic E-state index is 0.105. The zero-order chi connectivity index (χ0) is 13.8. The minimum Gasteiger partial charge on any atom is -0.282 e. The van der Waals surface area contributed by atoms with Crippen molar-refractivity contribution in [3.63, 3.8) is 0 Å². The second kappa shape index (κ2) is 6.23. The van der Waals surface area contributed by atoms with E-state index in [0.717, 1.165) is 26.9 Å². The van der Waals surface area contributed by atoms with Crippen LogP contribution >= 0.6 is 23.2 Å². The normalized spacial score (nSPS) is 13.4. The number of hydrogen-bond acceptors (Lipinski definition) is 1. The van der Waals surface area contributed by atoms with Gasteiger partial charge in [-0.1, -0.05) is 47.5 Å². The first-order valence-corrected chi connectivity index (χ1v) is 6.87. The summed E-state index contributed by atoms with van der Waals surface area (Å²) in [6, 6.07) is 15.6. The number of aliphatic imine (C=N–C) groups is 1. The predicted molar refractivity (Wildman–Crippen MR) is 83.5 cm³/mol. The molecule has 0 heterocycles. The van der Waals surface area contributed by atoms with Crippen LogP contribution in [-0.4, -0.2) is 5.71 Å². The Morgan fingerprint density at radius 3 is 1.89 bits per heavy atom. The van der Waals surface area contributed by atoms with Crippen LogP contribution in [0.2, 0.25) is 10.0 Å². The van der Waals surface area contributed by atoms with E-state index in [4.69, 9.17) is 28.2 Å². The molecule has 3 heteroatoms. The van der Waals surface area contributed by atoms with Crippen LogP contribution in [0.5, 0.6) is 0 Å². The van der Waals surface area contributed by atoms with E-state index in [1.54, 1.807) is 0 Å². The van der Waals surface area contributed by atoms with E-state index in [1.807, 2.05) is 55.5 Å². The Kier molecular flexibility index (Phi) is 4.62. The van der Waals surface area contributed by atoms with Gasteiger partial charge in [-0.3, -0.25) is 4.99 Å². The van der Waals surface area contributed by atoms with Crippen molar-refractivity contribution in [2.24, 2.45) is 4.99 Å². The summed E-state index contributed by atoms with van der Waals surface area (Å²) in [4.78, 5) is 4.71. The molecule has 0 unspecified atom stereocenters. The van der Waals surface area contributed by atoms with Crippen LogP contribution in [0.1, 0.15) is 31.0 Å². The summed E-state index contributed by atoms with van der Waals surface area (Å²) < 4.78 is 0. The van der Waals surface area contributed by atoms with Crippen molar-refractivity contribution in [2.75, 3.05) is 0 Å². The molecule has 0 bridgehead atoms. The summed E-state index contributed by atoms with van der Waals surface area (Å²) in [6.07, 6.45) is 0. The lowest BCUT2D eigenvalue weighted by atomic mass is 10.1. The van der Waals surface area contributed by atoms with Gasteiger partial charge in [0.05, 0.1) is 6.04 Å². The first kappa shape index (κ1) is 14.1.